The molecule has 2 rings (SSSR count). The Balaban J connectivity index is 2.32. The normalized spacial score (nSPS) is 10.6. The molecule has 0 fully saturated rings. The number of aliphatic hydroxyl groups is 1. The van der Waals surface area contributed by atoms with Gasteiger partial charge in [0.25, 0.3) is 0 Å². The third kappa shape index (κ3) is 3.56. The first-order valence-electron chi connectivity index (χ1n) is 6.36. The van der Waals surface area contributed by atoms with Crippen LogP contribution in [0.25, 0.3) is 11.1 Å². The van der Waals surface area contributed by atoms with E-state index in [-0.39, 0.29) is 19.0 Å². The predicted octanol–water partition coefficient (Wildman–Crippen LogP) is 3.01. The van der Waals surface area contributed by atoms with E-state index in [1.54, 1.807) is 19.2 Å². The second kappa shape index (κ2) is 7.03. The third-order valence-corrected chi connectivity index (χ3v) is 2.89. The van der Waals surface area contributed by atoms with Gasteiger partial charge in [-0.2, -0.15) is 0 Å². The van der Waals surface area contributed by atoms with Crippen LogP contribution < -0.4 is 4.74 Å². The zero-order chi connectivity index (χ0) is 14.4. The molecule has 2 aromatic rings. The van der Waals surface area contributed by atoms with Gasteiger partial charge in [-0.15, -0.1) is 0 Å². The SMILES string of the molecule is COCc1ccc(-c2ccc(F)cc2)cc1OCCO. The fourth-order valence-corrected chi connectivity index (χ4v) is 1.94. The second-order valence-corrected chi connectivity index (χ2v) is 4.33. The molecule has 0 heterocycles. The molecule has 0 aliphatic carbocycles. The lowest BCUT2D eigenvalue weighted by atomic mass is 10.0. The van der Waals surface area contributed by atoms with Crippen LogP contribution in [0.1, 0.15) is 5.56 Å². The molecule has 0 saturated carbocycles. The van der Waals surface area contributed by atoms with E-state index >= 15 is 0 Å². The van der Waals surface area contributed by atoms with E-state index in [1.165, 1.54) is 12.1 Å². The topological polar surface area (TPSA) is 38.7 Å². The highest BCUT2D eigenvalue weighted by Crippen LogP contribution is 2.28. The van der Waals surface area contributed by atoms with Gasteiger partial charge in [-0.3, -0.25) is 0 Å². The molecule has 4 heteroatoms. The van der Waals surface area contributed by atoms with Crippen LogP contribution in [0, 0.1) is 5.82 Å². The minimum absolute atomic E-state index is 0.0484. The van der Waals surface area contributed by atoms with E-state index < -0.39 is 0 Å². The summed E-state index contributed by atoms with van der Waals surface area (Å²) in [5.74, 6) is 0.407. The summed E-state index contributed by atoms with van der Waals surface area (Å²) in [6, 6.07) is 12.0. The van der Waals surface area contributed by atoms with Gasteiger partial charge in [0.15, 0.2) is 0 Å². The van der Waals surface area contributed by atoms with Gasteiger partial charge in [0.1, 0.15) is 18.2 Å². The number of hydrogen-bond donors (Lipinski definition) is 1. The summed E-state index contributed by atoms with van der Waals surface area (Å²) in [4.78, 5) is 0. The fraction of sp³-hybridized carbons (Fsp3) is 0.250. The van der Waals surface area contributed by atoms with Gasteiger partial charge < -0.3 is 14.6 Å². The van der Waals surface area contributed by atoms with Gasteiger partial charge >= 0.3 is 0 Å². The summed E-state index contributed by atoms with van der Waals surface area (Å²) >= 11 is 0. The number of rotatable bonds is 6. The Labute approximate surface area is 117 Å². The van der Waals surface area contributed by atoms with Gasteiger partial charge in [-0.1, -0.05) is 24.3 Å². The maximum atomic E-state index is 12.9. The standard InChI is InChI=1S/C16H17FO3/c1-19-11-14-3-2-13(10-16(14)20-9-8-18)12-4-6-15(17)7-5-12/h2-7,10,18H,8-9,11H2,1H3. The number of ether oxygens (including phenoxy) is 2. The van der Waals surface area contributed by atoms with E-state index in [1.807, 2.05) is 18.2 Å². The highest BCUT2D eigenvalue weighted by Gasteiger charge is 2.07. The van der Waals surface area contributed by atoms with Crippen molar-refractivity contribution in [2.24, 2.45) is 0 Å². The molecule has 0 aliphatic rings. The van der Waals surface area contributed by atoms with Crippen molar-refractivity contribution in [1.29, 1.82) is 0 Å². The molecule has 0 aromatic heterocycles. The lowest BCUT2D eigenvalue weighted by Gasteiger charge is -2.12. The summed E-state index contributed by atoms with van der Waals surface area (Å²) in [7, 11) is 1.61. The molecule has 20 heavy (non-hydrogen) atoms. The van der Waals surface area contributed by atoms with Crippen LogP contribution in [0.4, 0.5) is 4.39 Å². The third-order valence-electron chi connectivity index (χ3n) is 2.89. The van der Waals surface area contributed by atoms with Crippen molar-refractivity contribution >= 4 is 0 Å². The lowest BCUT2D eigenvalue weighted by molar-refractivity contribution is 0.172. The number of benzene rings is 2. The van der Waals surface area contributed by atoms with Crippen LogP contribution in [0.2, 0.25) is 0 Å². The van der Waals surface area contributed by atoms with Crippen molar-refractivity contribution in [3.63, 3.8) is 0 Å². The largest absolute Gasteiger partial charge is 0.491 e. The Morgan fingerprint density at radius 3 is 2.40 bits per heavy atom. The number of methoxy groups -OCH3 is 1. The Morgan fingerprint density at radius 1 is 1.05 bits per heavy atom. The van der Waals surface area contributed by atoms with Crippen molar-refractivity contribution in [2.45, 2.75) is 6.61 Å². The Bertz CT molecular complexity index is 552. The van der Waals surface area contributed by atoms with Crippen LogP contribution in [-0.2, 0) is 11.3 Å². The highest BCUT2D eigenvalue weighted by molar-refractivity contribution is 5.66. The molecule has 106 valence electrons. The van der Waals surface area contributed by atoms with Crippen molar-refractivity contribution < 1.29 is 19.0 Å². The Morgan fingerprint density at radius 2 is 1.75 bits per heavy atom. The van der Waals surface area contributed by atoms with Gasteiger partial charge in [0.2, 0.25) is 0 Å². The maximum absolute atomic E-state index is 12.9. The fourth-order valence-electron chi connectivity index (χ4n) is 1.94. The van der Waals surface area contributed by atoms with Crippen LogP contribution in [0.5, 0.6) is 5.75 Å². The van der Waals surface area contributed by atoms with Crippen LogP contribution >= 0.6 is 0 Å². The number of aliphatic hydroxyl groups excluding tert-OH is 1. The van der Waals surface area contributed by atoms with Crippen molar-refractivity contribution in [2.75, 3.05) is 20.3 Å². The summed E-state index contributed by atoms with van der Waals surface area (Å²) < 4.78 is 23.6. The first-order chi connectivity index (χ1) is 9.74. The second-order valence-electron chi connectivity index (χ2n) is 4.33. The monoisotopic (exact) mass is 276 g/mol. The number of halogens is 1. The molecule has 0 aliphatic heterocycles. The zero-order valence-corrected chi connectivity index (χ0v) is 11.3. The molecule has 2 aromatic carbocycles. The first-order valence-corrected chi connectivity index (χ1v) is 6.36. The molecular weight excluding hydrogens is 259 g/mol. The molecule has 3 nitrogen and oxygen atoms in total. The molecule has 0 bridgehead atoms. The smallest absolute Gasteiger partial charge is 0.125 e. The summed E-state index contributed by atoms with van der Waals surface area (Å²) in [6.07, 6.45) is 0. The van der Waals surface area contributed by atoms with Crippen molar-refractivity contribution in [3.8, 4) is 16.9 Å². The van der Waals surface area contributed by atoms with E-state index in [0.29, 0.717) is 12.4 Å². The van der Waals surface area contributed by atoms with Gasteiger partial charge in [0, 0.05) is 12.7 Å². The summed E-state index contributed by atoms with van der Waals surface area (Å²) in [5.41, 5.74) is 2.74. The van der Waals surface area contributed by atoms with E-state index in [0.717, 1.165) is 16.7 Å². The average Bonchev–Trinajstić information content (AvgIpc) is 2.47. The molecule has 0 atom stereocenters. The van der Waals surface area contributed by atoms with E-state index in [2.05, 4.69) is 0 Å². The van der Waals surface area contributed by atoms with Crippen LogP contribution in [-0.4, -0.2) is 25.4 Å². The summed E-state index contributed by atoms with van der Waals surface area (Å²) in [6.45, 7) is 0.612. The van der Waals surface area contributed by atoms with E-state index in [9.17, 15) is 4.39 Å². The van der Waals surface area contributed by atoms with Crippen molar-refractivity contribution in [1.82, 2.24) is 0 Å². The van der Waals surface area contributed by atoms with Gasteiger partial charge in [-0.05, 0) is 29.3 Å². The van der Waals surface area contributed by atoms with Gasteiger partial charge in [0.05, 0.1) is 13.2 Å². The van der Waals surface area contributed by atoms with Crippen LogP contribution in [0.3, 0.4) is 0 Å². The molecule has 0 radical (unpaired) electrons. The predicted molar refractivity (Wildman–Crippen MR) is 75.1 cm³/mol. The van der Waals surface area contributed by atoms with Gasteiger partial charge in [-0.25, -0.2) is 4.39 Å². The minimum atomic E-state index is -0.262. The molecule has 0 unspecified atom stereocenters. The van der Waals surface area contributed by atoms with Crippen LogP contribution in [0.15, 0.2) is 42.5 Å². The lowest BCUT2D eigenvalue weighted by Crippen LogP contribution is -2.04. The zero-order valence-electron chi connectivity index (χ0n) is 11.3. The molecule has 1 N–H and O–H groups in total. The molecular formula is C16H17FO3. The maximum Gasteiger partial charge on any atom is 0.125 e. The summed E-state index contributed by atoms with van der Waals surface area (Å²) in [5, 5.41) is 8.87. The Hall–Kier alpha value is -1.91. The average molecular weight is 276 g/mol. The Kier molecular flexibility index (Phi) is 5.09. The molecule has 0 saturated heterocycles. The number of hydrogen-bond acceptors (Lipinski definition) is 3. The first kappa shape index (κ1) is 14.5. The molecule has 0 spiro atoms. The van der Waals surface area contributed by atoms with E-state index in [4.69, 9.17) is 14.6 Å². The quantitative estimate of drug-likeness (QED) is 0.881. The minimum Gasteiger partial charge on any atom is -0.491 e. The molecule has 0 amide bonds. The van der Waals surface area contributed by atoms with Crippen molar-refractivity contribution in [3.05, 3.63) is 53.8 Å². The highest BCUT2D eigenvalue weighted by atomic mass is 19.1.